The van der Waals surface area contributed by atoms with Gasteiger partial charge in [0.2, 0.25) is 5.95 Å². The lowest BCUT2D eigenvalue weighted by molar-refractivity contribution is 0.312. The van der Waals surface area contributed by atoms with Crippen LogP contribution in [0.3, 0.4) is 0 Å². The normalized spacial score (nSPS) is 13.5. The maximum atomic E-state index is 6.45. The smallest absolute Gasteiger partial charge is 0.229 e. The van der Waals surface area contributed by atoms with Gasteiger partial charge in [-0.2, -0.15) is 4.98 Å². The molecule has 1 aliphatic rings. The molecule has 0 spiro atoms. The summed E-state index contributed by atoms with van der Waals surface area (Å²) in [5.41, 5.74) is 5.17. The van der Waals surface area contributed by atoms with Gasteiger partial charge in [0, 0.05) is 18.0 Å². The van der Waals surface area contributed by atoms with Gasteiger partial charge in [0.1, 0.15) is 16.5 Å². The van der Waals surface area contributed by atoms with E-state index in [1.807, 2.05) is 32.4 Å². The number of halogens is 1. The zero-order chi connectivity index (χ0) is 24.4. The molecule has 34 heavy (non-hydrogen) atoms. The average molecular weight is 518 g/mol. The molecule has 0 amide bonds. The lowest BCUT2D eigenvalue weighted by Gasteiger charge is -2.26. The molecule has 1 aromatic heterocycles. The Hall–Kier alpha value is -2.25. The van der Waals surface area contributed by atoms with Crippen LogP contribution in [-0.4, -0.2) is 48.9 Å². The number of nitrogens with one attached hydrogen (secondary N) is 2. The number of aromatic nitrogens is 2. The van der Waals surface area contributed by atoms with Crippen molar-refractivity contribution in [3.63, 3.8) is 0 Å². The van der Waals surface area contributed by atoms with Gasteiger partial charge in [-0.1, -0.05) is 11.6 Å². The number of benzene rings is 2. The lowest BCUT2D eigenvalue weighted by atomic mass is 9.99. The van der Waals surface area contributed by atoms with Crippen LogP contribution in [0.15, 0.2) is 35.4 Å². The number of fused-ring (bicyclic) bond motifs is 1. The van der Waals surface area contributed by atoms with Crippen LogP contribution in [0.5, 0.6) is 11.5 Å². The highest BCUT2D eigenvalue weighted by Gasteiger charge is 2.18. The van der Waals surface area contributed by atoms with Gasteiger partial charge >= 0.3 is 0 Å². The summed E-state index contributed by atoms with van der Waals surface area (Å²) < 4.78 is 11.7. The molecule has 0 atom stereocenters. The highest BCUT2D eigenvalue weighted by molar-refractivity contribution is 7.80. The van der Waals surface area contributed by atoms with Crippen LogP contribution in [-0.2, 0) is 13.0 Å². The Morgan fingerprint density at radius 2 is 1.85 bits per heavy atom. The molecular weight excluding hydrogens is 489 g/mol. The third-order valence-electron chi connectivity index (χ3n) is 5.55. The van der Waals surface area contributed by atoms with Gasteiger partial charge < -0.3 is 24.8 Å². The molecule has 0 radical (unpaired) electrons. The van der Waals surface area contributed by atoms with E-state index in [0.717, 1.165) is 47.1 Å². The SMILES string of the molecule is COc1cc2c(cc1Nc1ncc(Cl)c(Nc3cc(C)c(S)cc3OP(C)C)n1)CN(C)CC2. The first-order valence-electron chi connectivity index (χ1n) is 10.9. The first-order valence-corrected chi connectivity index (χ1v) is 13.8. The van der Waals surface area contributed by atoms with E-state index in [1.54, 1.807) is 13.3 Å². The minimum atomic E-state index is -0.620. The molecule has 10 heteroatoms. The van der Waals surface area contributed by atoms with Gasteiger partial charge in [-0.25, -0.2) is 4.98 Å². The summed E-state index contributed by atoms with van der Waals surface area (Å²) in [6.45, 7) is 8.01. The number of aryl methyl sites for hydroxylation is 1. The molecule has 7 nitrogen and oxygen atoms in total. The van der Waals surface area contributed by atoms with Gasteiger partial charge in [0.15, 0.2) is 5.82 Å². The molecule has 0 unspecified atom stereocenters. The minimum Gasteiger partial charge on any atom is -0.495 e. The number of likely N-dealkylation sites (N-methyl/N-ethyl adjacent to an activating group) is 1. The van der Waals surface area contributed by atoms with Gasteiger partial charge in [-0.3, -0.25) is 0 Å². The average Bonchev–Trinajstić information content (AvgIpc) is 2.78. The summed E-state index contributed by atoms with van der Waals surface area (Å²) in [7, 11) is 3.18. The second-order valence-corrected chi connectivity index (χ2v) is 11.2. The number of ether oxygens (including phenoxy) is 1. The fourth-order valence-corrected chi connectivity index (χ4v) is 4.67. The zero-order valence-corrected chi connectivity index (χ0v) is 22.5. The van der Waals surface area contributed by atoms with Crippen LogP contribution in [0.4, 0.5) is 23.1 Å². The number of methoxy groups -OCH3 is 1. The van der Waals surface area contributed by atoms with E-state index in [1.165, 1.54) is 11.1 Å². The highest BCUT2D eigenvalue weighted by atomic mass is 35.5. The topological polar surface area (TPSA) is 71.5 Å². The maximum absolute atomic E-state index is 6.45. The number of anilines is 4. The maximum Gasteiger partial charge on any atom is 0.229 e. The Kier molecular flexibility index (Phi) is 7.73. The van der Waals surface area contributed by atoms with Crippen molar-refractivity contribution >= 4 is 55.5 Å². The summed E-state index contributed by atoms with van der Waals surface area (Å²) in [5.74, 6) is 2.35. The van der Waals surface area contributed by atoms with Crippen LogP contribution in [0.2, 0.25) is 5.02 Å². The molecule has 4 rings (SSSR count). The number of thiol groups is 1. The summed E-state index contributed by atoms with van der Waals surface area (Å²) >= 11 is 11.0. The van der Waals surface area contributed by atoms with E-state index in [2.05, 4.69) is 57.3 Å². The van der Waals surface area contributed by atoms with Crippen molar-refractivity contribution in [3.05, 3.63) is 52.2 Å². The Balaban J connectivity index is 1.64. The van der Waals surface area contributed by atoms with Crippen LogP contribution in [0.25, 0.3) is 0 Å². The van der Waals surface area contributed by atoms with Crippen molar-refractivity contribution in [2.75, 3.05) is 44.7 Å². The molecule has 0 bridgehead atoms. The first kappa shape index (κ1) is 24.9. The van der Waals surface area contributed by atoms with E-state index < -0.39 is 8.15 Å². The number of nitrogens with zero attached hydrogens (tertiary/aromatic N) is 3. The molecule has 0 saturated carbocycles. The Bertz CT molecular complexity index is 1210. The molecule has 2 N–H and O–H groups in total. The highest BCUT2D eigenvalue weighted by Crippen LogP contribution is 2.40. The van der Waals surface area contributed by atoms with Crippen molar-refractivity contribution in [3.8, 4) is 11.5 Å². The fourth-order valence-electron chi connectivity index (χ4n) is 3.80. The molecule has 0 aliphatic carbocycles. The molecule has 2 heterocycles. The Morgan fingerprint density at radius 1 is 1.09 bits per heavy atom. The standard InChI is InChI=1S/C24H29ClN5O2PS/c1-14-8-18(21(11-22(14)34)32-33(4)5)27-23-17(25)12-26-24(29-23)28-19-9-16-13-30(2)7-6-15(16)10-20(19)31-3/h8-12,34H,6-7,13H2,1-5H3,(H2,26,27,28,29). The monoisotopic (exact) mass is 517 g/mol. The molecule has 0 fully saturated rings. The fraction of sp³-hybridized carbons (Fsp3) is 0.333. The van der Waals surface area contributed by atoms with Crippen LogP contribution in [0.1, 0.15) is 16.7 Å². The minimum absolute atomic E-state index is 0.401. The second-order valence-electron chi connectivity index (χ2n) is 8.49. The lowest BCUT2D eigenvalue weighted by Crippen LogP contribution is -2.26. The number of rotatable bonds is 7. The third kappa shape index (κ3) is 5.69. The van der Waals surface area contributed by atoms with Gasteiger partial charge in [0.05, 0.1) is 32.8 Å². The van der Waals surface area contributed by atoms with E-state index >= 15 is 0 Å². The van der Waals surface area contributed by atoms with Crippen molar-refractivity contribution in [1.29, 1.82) is 0 Å². The zero-order valence-electron chi connectivity index (χ0n) is 19.9. The molecule has 1 aliphatic heterocycles. The van der Waals surface area contributed by atoms with E-state index in [0.29, 0.717) is 22.5 Å². The summed E-state index contributed by atoms with van der Waals surface area (Å²) in [5, 5.41) is 7.02. The third-order valence-corrected chi connectivity index (χ3v) is 6.87. The van der Waals surface area contributed by atoms with Crippen molar-refractivity contribution in [1.82, 2.24) is 14.9 Å². The summed E-state index contributed by atoms with van der Waals surface area (Å²) in [6.07, 6.45) is 2.57. The van der Waals surface area contributed by atoms with Crippen molar-refractivity contribution in [2.24, 2.45) is 0 Å². The Labute approximate surface area is 212 Å². The van der Waals surface area contributed by atoms with Crippen LogP contribution < -0.4 is 19.9 Å². The van der Waals surface area contributed by atoms with Gasteiger partial charge in [-0.15, -0.1) is 12.6 Å². The molecule has 2 aromatic carbocycles. The van der Waals surface area contributed by atoms with E-state index in [-0.39, 0.29) is 0 Å². The van der Waals surface area contributed by atoms with Crippen molar-refractivity contribution in [2.45, 2.75) is 24.8 Å². The first-order chi connectivity index (χ1) is 16.2. The predicted octanol–water partition coefficient (Wildman–Crippen LogP) is 6.25. The summed E-state index contributed by atoms with van der Waals surface area (Å²) in [4.78, 5) is 12.2. The molecule has 180 valence electrons. The van der Waals surface area contributed by atoms with E-state index in [4.69, 9.17) is 20.9 Å². The van der Waals surface area contributed by atoms with Crippen molar-refractivity contribution < 1.29 is 9.26 Å². The molecule has 0 saturated heterocycles. The number of hydrogen-bond acceptors (Lipinski definition) is 8. The molecule has 3 aromatic rings. The number of hydrogen-bond donors (Lipinski definition) is 3. The van der Waals surface area contributed by atoms with Crippen LogP contribution in [0, 0.1) is 6.92 Å². The van der Waals surface area contributed by atoms with Gasteiger partial charge in [-0.05, 0) is 74.7 Å². The largest absolute Gasteiger partial charge is 0.495 e. The van der Waals surface area contributed by atoms with E-state index in [9.17, 15) is 0 Å². The summed E-state index contributed by atoms with van der Waals surface area (Å²) in [6, 6.07) is 8.09. The molecular formula is C24H29ClN5O2PS. The second kappa shape index (κ2) is 10.6. The van der Waals surface area contributed by atoms with Gasteiger partial charge in [0.25, 0.3) is 0 Å². The Morgan fingerprint density at radius 3 is 2.59 bits per heavy atom. The predicted molar refractivity (Wildman–Crippen MR) is 144 cm³/mol. The van der Waals surface area contributed by atoms with Crippen LogP contribution >= 0.6 is 32.4 Å². The quantitative estimate of drug-likeness (QED) is 0.253.